The summed E-state index contributed by atoms with van der Waals surface area (Å²) in [6.45, 7) is 11.1. The van der Waals surface area contributed by atoms with Crippen molar-refractivity contribution >= 4 is 17.9 Å². The summed E-state index contributed by atoms with van der Waals surface area (Å²) in [7, 11) is 1.68. The van der Waals surface area contributed by atoms with E-state index in [0.717, 1.165) is 18.6 Å². The average molecular weight is 378 g/mol. The van der Waals surface area contributed by atoms with Gasteiger partial charge in [0.15, 0.2) is 0 Å². The van der Waals surface area contributed by atoms with Gasteiger partial charge in [0.25, 0.3) is 0 Å². The summed E-state index contributed by atoms with van der Waals surface area (Å²) in [6, 6.07) is 11.3. The van der Waals surface area contributed by atoms with Crippen molar-refractivity contribution in [3.63, 3.8) is 0 Å². The molecule has 0 saturated carbocycles. The quantitative estimate of drug-likeness (QED) is 0.315. The van der Waals surface area contributed by atoms with E-state index in [2.05, 4.69) is 20.7 Å². The number of aldehydes is 1. The van der Waals surface area contributed by atoms with Gasteiger partial charge in [-0.1, -0.05) is 46.8 Å². The van der Waals surface area contributed by atoms with Gasteiger partial charge in [0, 0.05) is 31.5 Å². The molecule has 0 amide bonds. The first kappa shape index (κ1) is 26.7. The summed E-state index contributed by atoms with van der Waals surface area (Å²) in [5, 5.41) is 3.11. The largest absolute Gasteiger partial charge is 0.383 e. The van der Waals surface area contributed by atoms with Crippen molar-refractivity contribution in [2.24, 2.45) is 11.3 Å². The van der Waals surface area contributed by atoms with E-state index >= 15 is 0 Å². The number of methoxy groups -OCH3 is 1. The van der Waals surface area contributed by atoms with Gasteiger partial charge in [-0.3, -0.25) is 0 Å². The van der Waals surface area contributed by atoms with E-state index in [4.69, 9.17) is 10.6 Å². The third-order valence-electron chi connectivity index (χ3n) is 2.44. The van der Waals surface area contributed by atoms with Crippen LogP contribution in [0.4, 0.5) is 11.6 Å². The van der Waals surface area contributed by atoms with Crippen LogP contribution in [0.2, 0.25) is 0 Å². The Hall–Kier alpha value is -2.51. The minimum absolute atomic E-state index is 0.139. The number of hydrogen-bond acceptors (Lipinski definition) is 7. The van der Waals surface area contributed by atoms with Crippen LogP contribution >= 0.6 is 0 Å². The maximum Gasteiger partial charge on any atom is 0.139 e. The number of carbonyl (C=O) groups excluding carboxylic acids is 1. The van der Waals surface area contributed by atoms with Gasteiger partial charge in [-0.15, -0.1) is 0 Å². The Morgan fingerprint density at radius 1 is 1.04 bits per heavy atom. The predicted octanol–water partition coefficient (Wildman–Crippen LogP) is 3.76. The molecule has 27 heavy (non-hydrogen) atoms. The molecule has 2 aromatic rings. The number of nitrogens with two attached hydrogens (primary N) is 1. The molecule has 0 radical (unpaired) electrons. The number of hydrazine groups is 1. The van der Waals surface area contributed by atoms with Crippen LogP contribution in [0.15, 0.2) is 48.8 Å². The molecule has 0 spiro atoms. The lowest BCUT2D eigenvalue weighted by molar-refractivity contribution is -0.113. The van der Waals surface area contributed by atoms with Gasteiger partial charge in [-0.25, -0.2) is 15.8 Å². The molecular weight excluding hydrogens is 342 g/mol. The molecule has 0 unspecified atom stereocenters. The molecule has 0 aliphatic rings. The van der Waals surface area contributed by atoms with Crippen LogP contribution < -0.4 is 16.6 Å². The van der Waals surface area contributed by atoms with E-state index in [0.29, 0.717) is 12.4 Å². The number of ether oxygens (including phenoxy) is 1. The lowest BCUT2D eigenvalue weighted by Crippen LogP contribution is -2.08. The number of carbonyl (C=O) groups is 1. The van der Waals surface area contributed by atoms with Crippen molar-refractivity contribution in [1.29, 1.82) is 0 Å². The lowest BCUT2D eigenvalue weighted by Gasteiger charge is -2.03. The summed E-state index contributed by atoms with van der Waals surface area (Å²) in [5.41, 5.74) is 2.28. The second-order valence-corrected chi connectivity index (χ2v) is 5.98. The van der Waals surface area contributed by atoms with Crippen LogP contribution in [0.5, 0.6) is 0 Å². The molecule has 7 nitrogen and oxygen atoms in total. The zero-order chi connectivity index (χ0) is 21.0. The molecule has 0 atom stereocenters. The van der Waals surface area contributed by atoms with Gasteiger partial charge in [-0.2, -0.15) is 0 Å². The maximum atomic E-state index is 9.83. The first-order valence-corrected chi connectivity index (χ1v) is 8.90. The van der Waals surface area contributed by atoms with Gasteiger partial charge in [0.1, 0.15) is 17.9 Å². The molecule has 0 aliphatic heterocycles. The highest BCUT2D eigenvalue weighted by atomic mass is 16.5. The molecule has 2 aromatic heterocycles. The average Bonchev–Trinajstić information content (AvgIpc) is 2.71. The molecule has 7 heteroatoms. The second-order valence-electron chi connectivity index (χ2n) is 5.98. The van der Waals surface area contributed by atoms with Crippen molar-refractivity contribution in [2.45, 2.75) is 34.6 Å². The molecule has 4 N–H and O–H groups in total. The zero-order valence-corrected chi connectivity index (χ0v) is 17.4. The topological polar surface area (TPSA) is 102 Å². The van der Waals surface area contributed by atoms with Crippen LogP contribution in [-0.4, -0.2) is 36.5 Å². The second kappa shape index (κ2) is 18.3. The Morgan fingerprint density at radius 2 is 1.52 bits per heavy atom. The highest BCUT2D eigenvalue weighted by Gasteiger charge is 2.04. The summed E-state index contributed by atoms with van der Waals surface area (Å²) >= 11 is 0. The summed E-state index contributed by atoms with van der Waals surface area (Å²) < 4.78 is 4.87. The Kier molecular flexibility index (Phi) is 18.1. The molecule has 2 rings (SSSR count). The SMILES string of the molecule is CC.CC(C)(C)C=O.COCCNc1ccccn1.NNc1ccccn1. The van der Waals surface area contributed by atoms with Crippen molar-refractivity contribution < 1.29 is 9.53 Å². The number of aromatic nitrogens is 2. The van der Waals surface area contributed by atoms with E-state index in [1.54, 1.807) is 25.6 Å². The van der Waals surface area contributed by atoms with E-state index < -0.39 is 0 Å². The first-order valence-electron chi connectivity index (χ1n) is 8.90. The smallest absolute Gasteiger partial charge is 0.139 e. The number of nitrogens with zero attached hydrogens (tertiary/aromatic N) is 2. The minimum Gasteiger partial charge on any atom is -0.383 e. The van der Waals surface area contributed by atoms with Gasteiger partial charge in [0.05, 0.1) is 6.61 Å². The minimum atomic E-state index is -0.139. The van der Waals surface area contributed by atoms with Gasteiger partial charge >= 0.3 is 0 Å². The number of hydrogen-bond donors (Lipinski definition) is 3. The number of nitrogens with one attached hydrogen (secondary N) is 2. The molecule has 0 saturated heterocycles. The summed E-state index contributed by atoms with van der Waals surface area (Å²) in [4.78, 5) is 17.8. The number of pyridine rings is 2. The number of anilines is 2. The van der Waals surface area contributed by atoms with Crippen molar-refractivity contribution in [1.82, 2.24) is 9.97 Å². The normalized spacial score (nSPS) is 9.15. The molecule has 0 bridgehead atoms. The Morgan fingerprint density at radius 3 is 1.81 bits per heavy atom. The number of nitrogen functional groups attached to an aromatic ring is 1. The standard InChI is InChI=1S/C8H12N2O.C5H7N3.C5H10O.C2H6/c1-11-7-6-10-8-4-2-3-5-9-8;6-8-5-3-1-2-4-7-5;1-5(2,3)4-6;1-2/h2-5H,6-7H2,1H3,(H,9,10);1-4H,6H2,(H,7,8);4H,1-3H3;1-2H3. The third-order valence-corrected chi connectivity index (χ3v) is 2.44. The fourth-order valence-electron chi connectivity index (χ4n) is 1.20. The summed E-state index contributed by atoms with van der Waals surface area (Å²) in [5.74, 6) is 6.62. The summed E-state index contributed by atoms with van der Waals surface area (Å²) in [6.07, 6.45) is 4.37. The van der Waals surface area contributed by atoms with Crippen LogP contribution in [0.1, 0.15) is 34.6 Å². The Labute approximate surface area is 163 Å². The zero-order valence-electron chi connectivity index (χ0n) is 17.4. The highest BCUT2D eigenvalue weighted by Crippen LogP contribution is 2.05. The van der Waals surface area contributed by atoms with Crippen molar-refractivity contribution in [3.8, 4) is 0 Å². The molecule has 2 heterocycles. The van der Waals surface area contributed by atoms with Crippen molar-refractivity contribution in [3.05, 3.63) is 48.8 Å². The molecular formula is C20H35N5O2. The van der Waals surface area contributed by atoms with Crippen LogP contribution in [-0.2, 0) is 9.53 Å². The van der Waals surface area contributed by atoms with Crippen LogP contribution in [0, 0.1) is 5.41 Å². The van der Waals surface area contributed by atoms with E-state index in [1.807, 2.05) is 65.0 Å². The highest BCUT2D eigenvalue weighted by molar-refractivity contribution is 5.56. The Balaban J connectivity index is 0. The predicted molar refractivity (Wildman–Crippen MR) is 114 cm³/mol. The Bertz CT molecular complexity index is 545. The fraction of sp³-hybridized carbons (Fsp3) is 0.450. The molecule has 152 valence electrons. The van der Waals surface area contributed by atoms with Crippen LogP contribution in [0.25, 0.3) is 0 Å². The van der Waals surface area contributed by atoms with Crippen LogP contribution in [0.3, 0.4) is 0 Å². The van der Waals surface area contributed by atoms with Crippen molar-refractivity contribution in [2.75, 3.05) is 31.0 Å². The van der Waals surface area contributed by atoms with E-state index in [9.17, 15) is 4.79 Å². The monoisotopic (exact) mass is 377 g/mol. The first-order chi connectivity index (χ1) is 12.9. The maximum absolute atomic E-state index is 9.83. The fourth-order valence-corrected chi connectivity index (χ4v) is 1.20. The van der Waals surface area contributed by atoms with Gasteiger partial charge in [0.2, 0.25) is 0 Å². The lowest BCUT2D eigenvalue weighted by atomic mass is 10.0. The van der Waals surface area contributed by atoms with Gasteiger partial charge < -0.3 is 20.3 Å². The molecule has 0 aromatic carbocycles. The van der Waals surface area contributed by atoms with E-state index in [1.165, 1.54) is 0 Å². The third kappa shape index (κ3) is 19.7. The molecule has 0 fully saturated rings. The number of rotatable bonds is 5. The molecule has 0 aliphatic carbocycles. The van der Waals surface area contributed by atoms with Gasteiger partial charge in [-0.05, 0) is 24.3 Å². The van der Waals surface area contributed by atoms with E-state index in [-0.39, 0.29) is 5.41 Å².